The molecule has 1 N–H and O–H groups in total. The van der Waals surface area contributed by atoms with Crippen LogP contribution in [0.5, 0.6) is 0 Å². The van der Waals surface area contributed by atoms with Gasteiger partial charge in [-0.3, -0.25) is 4.90 Å². The van der Waals surface area contributed by atoms with Gasteiger partial charge >= 0.3 is 0 Å². The Bertz CT molecular complexity index is 472. The first-order valence-electron chi connectivity index (χ1n) is 6.44. The van der Waals surface area contributed by atoms with Crippen LogP contribution in [0.3, 0.4) is 0 Å². The van der Waals surface area contributed by atoms with Crippen LogP contribution >= 0.6 is 0 Å². The predicted molar refractivity (Wildman–Crippen MR) is 68.3 cm³/mol. The Morgan fingerprint density at radius 1 is 1.15 bits per heavy atom. The van der Waals surface area contributed by atoms with Crippen LogP contribution in [0.15, 0.2) is 18.7 Å². The molecule has 1 fully saturated rings. The Morgan fingerprint density at radius 3 is 2.20 bits per heavy atom. The molecule has 1 heterocycles. The zero-order valence-corrected chi connectivity index (χ0v) is 10.9. The van der Waals surface area contributed by atoms with Crippen molar-refractivity contribution in [2.45, 2.75) is 12.5 Å². The third kappa shape index (κ3) is 2.86. The lowest BCUT2D eigenvalue weighted by Gasteiger charge is -2.35. The highest BCUT2D eigenvalue weighted by Crippen LogP contribution is 2.32. The first kappa shape index (κ1) is 15.0. The second-order valence-corrected chi connectivity index (χ2v) is 4.71. The number of benzene rings is 1. The van der Waals surface area contributed by atoms with Crippen LogP contribution in [0, 0.1) is 23.3 Å². The molecule has 0 aliphatic carbocycles. The van der Waals surface area contributed by atoms with E-state index in [1.807, 2.05) is 0 Å². The zero-order chi connectivity index (χ0) is 14.7. The van der Waals surface area contributed by atoms with Gasteiger partial charge in [0.15, 0.2) is 23.3 Å². The standard InChI is InChI=1S/C14H16F4N2/c1-2-3-11(20-6-4-19-5-7-20)12-13(17)9(15)8-10(16)14(12)18/h2,8,11,19H,1,3-7H2/t11-/m1/s1. The van der Waals surface area contributed by atoms with Gasteiger partial charge in [-0.2, -0.15) is 0 Å². The van der Waals surface area contributed by atoms with Crippen LogP contribution in [0.1, 0.15) is 18.0 Å². The molecule has 110 valence electrons. The Hall–Kier alpha value is -1.40. The van der Waals surface area contributed by atoms with Crippen LogP contribution < -0.4 is 5.32 Å². The lowest BCUT2D eigenvalue weighted by molar-refractivity contribution is 0.166. The van der Waals surface area contributed by atoms with Crippen LogP contribution in [-0.2, 0) is 0 Å². The van der Waals surface area contributed by atoms with E-state index in [4.69, 9.17) is 0 Å². The van der Waals surface area contributed by atoms with E-state index in [0.29, 0.717) is 26.2 Å². The molecule has 6 heteroatoms. The first-order chi connectivity index (χ1) is 9.56. The van der Waals surface area contributed by atoms with Crippen molar-refractivity contribution in [2.75, 3.05) is 26.2 Å². The number of halogens is 4. The molecule has 1 aliphatic heterocycles. The summed E-state index contributed by atoms with van der Waals surface area (Å²) in [5, 5.41) is 3.11. The molecule has 0 radical (unpaired) electrons. The molecule has 20 heavy (non-hydrogen) atoms. The van der Waals surface area contributed by atoms with Gasteiger partial charge in [-0.15, -0.1) is 6.58 Å². The summed E-state index contributed by atoms with van der Waals surface area (Å²) in [5.74, 6) is -5.39. The van der Waals surface area contributed by atoms with Crippen molar-refractivity contribution in [1.29, 1.82) is 0 Å². The Kier molecular flexibility index (Phi) is 4.77. The molecule has 1 saturated heterocycles. The van der Waals surface area contributed by atoms with Crippen LogP contribution in [0.2, 0.25) is 0 Å². The molecule has 2 nitrogen and oxygen atoms in total. The number of hydrogen-bond acceptors (Lipinski definition) is 2. The molecule has 0 unspecified atom stereocenters. The van der Waals surface area contributed by atoms with Gasteiger partial charge in [0.25, 0.3) is 0 Å². The number of nitrogens with one attached hydrogen (secondary N) is 1. The van der Waals surface area contributed by atoms with Gasteiger partial charge in [-0.1, -0.05) is 6.08 Å². The van der Waals surface area contributed by atoms with Crippen molar-refractivity contribution < 1.29 is 17.6 Å². The van der Waals surface area contributed by atoms with E-state index in [1.54, 1.807) is 4.90 Å². The Balaban J connectivity index is 2.45. The normalized spacial score (nSPS) is 18.0. The number of hydrogen-bond donors (Lipinski definition) is 1. The molecular weight excluding hydrogens is 272 g/mol. The topological polar surface area (TPSA) is 15.3 Å². The van der Waals surface area contributed by atoms with Crippen molar-refractivity contribution in [1.82, 2.24) is 10.2 Å². The van der Waals surface area contributed by atoms with Crippen LogP contribution in [-0.4, -0.2) is 31.1 Å². The molecule has 0 spiro atoms. The highest BCUT2D eigenvalue weighted by Gasteiger charge is 2.30. The minimum absolute atomic E-state index is 0.219. The van der Waals surface area contributed by atoms with Crippen molar-refractivity contribution in [3.05, 3.63) is 47.6 Å². The maximum absolute atomic E-state index is 13.9. The lowest BCUT2D eigenvalue weighted by atomic mass is 9.99. The number of piperazine rings is 1. The van der Waals surface area contributed by atoms with E-state index in [1.165, 1.54) is 6.08 Å². The smallest absolute Gasteiger partial charge is 0.166 e. The summed E-state index contributed by atoms with van der Waals surface area (Å²) in [4.78, 5) is 1.80. The van der Waals surface area contributed by atoms with Gasteiger partial charge < -0.3 is 5.32 Å². The molecule has 1 aromatic carbocycles. The average molecular weight is 288 g/mol. The van der Waals surface area contributed by atoms with E-state index in [-0.39, 0.29) is 12.5 Å². The second-order valence-electron chi connectivity index (χ2n) is 4.71. The molecular formula is C14H16F4N2. The fourth-order valence-corrected chi connectivity index (χ4v) is 2.49. The van der Waals surface area contributed by atoms with E-state index >= 15 is 0 Å². The van der Waals surface area contributed by atoms with Gasteiger partial charge in [0.1, 0.15) is 0 Å². The van der Waals surface area contributed by atoms with Gasteiger partial charge in [0.05, 0.1) is 0 Å². The van der Waals surface area contributed by atoms with Crippen LogP contribution in [0.4, 0.5) is 17.6 Å². The summed E-state index contributed by atoms with van der Waals surface area (Å²) >= 11 is 0. The largest absolute Gasteiger partial charge is 0.314 e. The van der Waals surface area contributed by atoms with Gasteiger partial charge in [-0.25, -0.2) is 17.6 Å². The molecule has 2 rings (SSSR count). The number of rotatable bonds is 4. The SMILES string of the molecule is C=CC[C@H](c1c(F)c(F)cc(F)c1F)N1CCNCC1. The summed E-state index contributed by atoms with van der Waals surface area (Å²) < 4.78 is 54.5. The Labute approximate surface area is 115 Å². The molecule has 1 atom stereocenters. The summed E-state index contributed by atoms with van der Waals surface area (Å²) in [6.45, 7) is 5.98. The van der Waals surface area contributed by atoms with Crippen LogP contribution in [0.25, 0.3) is 0 Å². The molecule has 0 amide bonds. The highest BCUT2D eigenvalue weighted by atomic mass is 19.2. The summed E-state index contributed by atoms with van der Waals surface area (Å²) in [5.41, 5.74) is -0.552. The summed E-state index contributed by atoms with van der Waals surface area (Å²) in [7, 11) is 0. The van der Waals surface area contributed by atoms with Crippen molar-refractivity contribution in [3.63, 3.8) is 0 Å². The molecule has 0 aromatic heterocycles. The molecule has 1 aromatic rings. The third-order valence-electron chi connectivity index (χ3n) is 3.46. The highest BCUT2D eigenvalue weighted by molar-refractivity contribution is 5.26. The number of nitrogens with zero attached hydrogens (tertiary/aromatic N) is 1. The average Bonchev–Trinajstić information content (AvgIpc) is 2.45. The van der Waals surface area contributed by atoms with Crippen molar-refractivity contribution >= 4 is 0 Å². The quantitative estimate of drug-likeness (QED) is 0.521. The lowest BCUT2D eigenvalue weighted by Crippen LogP contribution is -2.45. The van der Waals surface area contributed by atoms with E-state index in [0.717, 1.165) is 0 Å². The van der Waals surface area contributed by atoms with Gasteiger partial charge in [0.2, 0.25) is 0 Å². The summed E-state index contributed by atoms with van der Waals surface area (Å²) in [6.07, 6.45) is 1.71. The minimum Gasteiger partial charge on any atom is -0.314 e. The predicted octanol–water partition coefficient (Wildman–Crippen LogP) is 2.77. The Morgan fingerprint density at radius 2 is 1.70 bits per heavy atom. The van der Waals surface area contributed by atoms with E-state index in [9.17, 15) is 17.6 Å². The second kappa shape index (κ2) is 6.37. The van der Waals surface area contributed by atoms with Gasteiger partial charge in [0, 0.05) is 43.9 Å². The monoisotopic (exact) mass is 288 g/mol. The van der Waals surface area contributed by atoms with Crippen molar-refractivity contribution in [2.24, 2.45) is 0 Å². The van der Waals surface area contributed by atoms with Crippen molar-refractivity contribution in [3.8, 4) is 0 Å². The maximum Gasteiger partial charge on any atom is 0.166 e. The van der Waals surface area contributed by atoms with E-state index < -0.39 is 34.9 Å². The minimum atomic E-state index is -1.37. The first-order valence-corrected chi connectivity index (χ1v) is 6.44. The molecule has 0 saturated carbocycles. The maximum atomic E-state index is 13.9. The summed E-state index contributed by atoms with van der Waals surface area (Å²) in [6, 6.07) is -0.517. The fraction of sp³-hybridized carbons (Fsp3) is 0.429. The molecule has 0 bridgehead atoms. The van der Waals surface area contributed by atoms with E-state index in [2.05, 4.69) is 11.9 Å². The van der Waals surface area contributed by atoms with Gasteiger partial charge in [-0.05, 0) is 6.42 Å². The third-order valence-corrected chi connectivity index (χ3v) is 3.46. The molecule has 1 aliphatic rings. The fourth-order valence-electron chi connectivity index (χ4n) is 2.49. The zero-order valence-electron chi connectivity index (χ0n) is 10.9.